The van der Waals surface area contributed by atoms with Gasteiger partial charge >= 0.3 is 5.69 Å². The highest BCUT2D eigenvalue weighted by Gasteiger charge is 2.32. The third kappa shape index (κ3) is 2.78. The SMILES string of the molecule is C=CCN(C(=O)c1ccc(F)c([N+](=O)[O-])c1)C1CC1. The van der Waals surface area contributed by atoms with Crippen LogP contribution in [0.15, 0.2) is 30.9 Å². The number of nitro groups is 1. The van der Waals surface area contributed by atoms with E-state index >= 15 is 0 Å². The van der Waals surface area contributed by atoms with Gasteiger partial charge in [0.05, 0.1) is 4.92 Å². The summed E-state index contributed by atoms with van der Waals surface area (Å²) in [6.45, 7) is 3.97. The predicted octanol–water partition coefficient (Wildman–Crippen LogP) is 2.52. The molecule has 0 spiro atoms. The molecule has 0 atom stereocenters. The van der Waals surface area contributed by atoms with E-state index in [1.54, 1.807) is 11.0 Å². The van der Waals surface area contributed by atoms with Crippen molar-refractivity contribution >= 4 is 11.6 Å². The number of nitro benzene ring substituents is 1. The molecule has 0 heterocycles. The summed E-state index contributed by atoms with van der Waals surface area (Å²) in [5.41, 5.74) is -0.554. The van der Waals surface area contributed by atoms with Crippen LogP contribution < -0.4 is 0 Å². The Morgan fingerprint density at radius 2 is 2.26 bits per heavy atom. The molecule has 1 aliphatic carbocycles. The molecule has 1 amide bonds. The Kier molecular flexibility index (Phi) is 3.59. The van der Waals surface area contributed by atoms with E-state index in [9.17, 15) is 19.3 Å². The smallest absolute Gasteiger partial charge is 0.305 e. The maximum absolute atomic E-state index is 13.2. The quantitative estimate of drug-likeness (QED) is 0.466. The Labute approximate surface area is 109 Å². The lowest BCUT2D eigenvalue weighted by Crippen LogP contribution is -2.33. The lowest BCUT2D eigenvalue weighted by atomic mass is 10.1. The average Bonchev–Trinajstić information content (AvgIpc) is 3.19. The molecule has 0 N–H and O–H groups in total. The van der Waals surface area contributed by atoms with E-state index in [0.717, 1.165) is 25.0 Å². The number of benzene rings is 1. The summed E-state index contributed by atoms with van der Waals surface area (Å²) in [7, 11) is 0. The minimum atomic E-state index is -0.941. The third-order valence-electron chi connectivity index (χ3n) is 2.96. The monoisotopic (exact) mass is 264 g/mol. The Morgan fingerprint density at radius 1 is 1.58 bits per heavy atom. The van der Waals surface area contributed by atoms with Crippen molar-refractivity contribution < 1.29 is 14.1 Å². The van der Waals surface area contributed by atoms with Crippen LogP contribution in [0.25, 0.3) is 0 Å². The van der Waals surface area contributed by atoms with Crippen LogP contribution in [0.4, 0.5) is 10.1 Å². The molecule has 1 fully saturated rings. The van der Waals surface area contributed by atoms with Gasteiger partial charge in [-0.1, -0.05) is 6.08 Å². The predicted molar refractivity (Wildman–Crippen MR) is 67.3 cm³/mol. The molecule has 0 aromatic heterocycles. The number of hydrogen-bond acceptors (Lipinski definition) is 3. The molecule has 0 saturated heterocycles. The van der Waals surface area contributed by atoms with Gasteiger partial charge < -0.3 is 4.90 Å². The van der Waals surface area contributed by atoms with Crippen molar-refractivity contribution in [2.45, 2.75) is 18.9 Å². The first-order valence-corrected chi connectivity index (χ1v) is 5.90. The fourth-order valence-electron chi connectivity index (χ4n) is 1.87. The molecule has 0 bridgehead atoms. The van der Waals surface area contributed by atoms with Crippen LogP contribution >= 0.6 is 0 Å². The zero-order valence-electron chi connectivity index (χ0n) is 10.2. The van der Waals surface area contributed by atoms with Gasteiger partial charge in [0.2, 0.25) is 5.82 Å². The summed E-state index contributed by atoms with van der Waals surface area (Å²) in [5, 5.41) is 10.7. The van der Waals surface area contributed by atoms with Gasteiger partial charge in [-0.05, 0) is 25.0 Å². The van der Waals surface area contributed by atoms with Crippen LogP contribution in [0.1, 0.15) is 23.2 Å². The highest BCUT2D eigenvalue weighted by molar-refractivity contribution is 5.95. The number of amides is 1. The van der Waals surface area contributed by atoms with Crippen molar-refractivity contribution in [2.24, 2.45) is 0 Å². The molecule has 0 aliphatic heterocycles. The summed E-state index contributed by atoms with van der Waals surface area (Å²) in [6.07, 6.45) is 3.44. The topological polar surface area (TPSA) is 63.5 Å². The molecule has 0 unspecified atom stereocenters. The Bertz CT molecular complexity index is 541. The first-order valence-electron chi connectivity index (χ1n) is 5.90. The van der Waals surface area contributed by atoms with Crippen molar-refractivity contribution in [2.75, 3.05) is 6.54 Å². The summed E-state index contributed by atoms with van der Waals surface area (Å²) in [6, 6.07) is 3.36. The Morgan fingerprint density at radius 3 is 2.79 bits per heavy atom. The van der Waals surface area contributed by atoms with Crippen LogP contribution in [0.5, 0.6) is 0 Å². The van der Waals surface area contributed by atoms with Crippen LogP contribution in [0, 0.1) is 15.9 Å². The molecular weight excluding hydrogens is 251 g/mol. The maximum atomic E-state index is 13.2. The van der Waals surface area contributed by atoms with Crippen molar-refractivity contribution in [1.29, 1.82) is 0 Å². The zero-order chi connectivity index (χ0) is 14.0. The number of carbonyl (C=O) groups excluding carboxylic acids is 1. The van der Waals surface area contributed by atoms with E-state index in [1.807, 2.05) is 0 Å². The van der Waals surface area contributed by atoms with Crippen molar-refractivity contribution in [3.8, 4) is 0 Å². The fraction of sp³-hybridized carbons (Fsp3) is 0.308. The number of rotatable bonds is 5. The van der Waals surface area contributed by atoms with E-state index in [0.29, 0.717) is 6.54 Å². The van der Waals surface area contributed by atoms with Crippen molar-refractivity contribution in [1.82, 2.24) is 4.90 Å². The second-order valence-corrected chi connectivity index (χ2v) is 4.40. The van der Waals surface area contributed by atoms with Gasteiger partial charge in [-0.3, -0.25) is 14.9 Å². The minimum Gasteiger partial charge on any atom is -0.332 e. The summed E-state index contributed by atoms with van der Waals surface area (Å²) in [4.78, 5) is 23.7. The highest BCUT2D eigenvalue weighted by atomic mass is 19.1. The van der Waals surface area contributed by atoms with E-state index in [-0.39, 0.29) is 17.5 Å². The molecular formula is C13H13FN2O3. The Balaban J connectivity index is 2.29. The van der Waals surface area contributed by atoms with Crippen LogP contribution in [-0.4, -0.2) is 28.3 Å². The van der Waals surface area contributed by atoms with E-state index in [4.69, 9.17) is 0 Å². The first-order chi connectivity index (χ1) is 9.04. The van der Waals surface area contributed by atoms with Gasteiger partial charge in [0.1, 0.15) is 0 Å². The minimum absolute atomic E-state index is 0.127. The molecule has 1 aromatic carbocycles. The summed E-state index contributed by atoms with van der Waals surface area (Å²) < 4.78 is 13.2. The highest BCUT2D eigenvalue weighted by Crippen LogP contribution is 2.29. The third-order valence-corrected chi connectivity index (χ3v) is 2.96. The van der Waals surface area contributed by atoms with Crippen LogP contribution in [-0.2, 0) is 0 Å². The second kappa shape index (κ2) is 5.17. The molecule has 5 nitrogen and oxygen atoms in total. The first kappa shape index (κ1) is 13.2. The molecule has 2 rings (SSSR count). The van der Waals surface area contributed by atoms with Crippen LogP contribution in [0.3, 0.4) is 0 Å². The summed E-state index contributed by atoms with van der Waals surface area (Å²) >= 11 is 0. The largest absolute Gasteiger partial charge is 0.332 e. The van der Waals surface area contributed by atoms with E-state index in [1.165, 1.54) is 6.07 Å². The fourth-order valence-corrected chi connectivity index (χ4v) is 1.87. The molecule has 1 aliphatic rings. The molecule has 0 radical (unpaired) electrons. The lowest BCUT2D eigenvalue weighted by Gasteiger charge is -2.20. The average molecular weight is 264 g/mol. The molecule has 100 valence electrons. The van der Waals surface area contributed by atoms with E-state index in [2.05, 4.69) is 6.58 Å². The number of halogens is 1. The Hall–Kier alpha value is -2.24. The standard InChI is InChI=1S/C13H13FN2O3/c1-2-7-15(10-4-5-10)13(17)9-3-6-11(14)12(8-9)16(18)19/h2-3,6,8,10H,1,4-5,7H2. The van der Waals surface area contributed by atoms with Crippen molar-refractivity contribution in [3.63, 3.8) is 0 Å². The van der Waals surface area contributed by atoms with Gasteiger partial charge in [-0.15, -0.1) is 6.58 Å². The molecule has 6 heteroatoms. The molecule has 19 heavy (non-hydrogen) atoms. The molecule has 1 saturated carbocycles. The van der Waals surface area contributed by atoms with Gasteiger partial charge in [0.25, 0.3) is 5.91 Å². The molecule has 1 aromatic rings. The van der Waals surface area contributed by atoms with Crippen molar-refractivity contribution in [3.05, 3.63) is 52.3 Å². The van der Waals surface area contributed by atoms with Crippen LogP contribution in [0.2, 0.25) is 0 Å². The summed E-state index contributed by atoms with van der Waals surface area (Å²) in [5.74, 6) is -1.27. The normalized spacial score (nSPS) is 13.9. The zero-order valence-corrected chi connectivity index (χ0v) is 10.2. The van der Waals surface area contributed by atoms with Gasteiger partial charge in [0.15, 0.2) is 0 Å². The second-order valence-electron chi connectivity index (χ2n) is 4.40. The van der Waals surface area contributed by atoms with Gasteiger partial charge in [-0.2, -0.15) is 4.39 Å². The number of carbonyl (C=O) groups is 1. The maximum Gasteiger partial charge on any atom is 0.305 e. The number of nitrogens with zero attached hydrogens (tertiary/aromatic N) is 2. The van der Waals surface area contributed by atoms with E-state index < -0.39 is 16.4 Å². The van der Waals surface area contributed by atoms with Gasteiger partial charge in [-0.25, -0.2) is 0 Å². The van der Waals surface area contributed by atoms with Gasteiger partial charge in [0, 0.05) is 24.2 Å². The number of hydrogen-bond donors (Lipinski definition) is 0. The lowest BCUT2D eigenvalue weighted by molar-refractivity contribution is -0.387.